The Kier molecular flexibility index (Phi) is 4.88. The van der Waals surface area contributed by atoms with Crippen molar-refractivity contribution in [2.45, 2.75) is 50.9 Å². The molecule has 102 valence electrons. The second kappa shape index (κ2) is 6.43. The Morgan fingerprint density at radius 3 is 3.11 bits per heavy atom. The van der Waals surface area contributed by atoms with Crippen molar-refractivity contribution in [1.29, 1.82) is 0 Å². The Morgan fingerprint density at radius 1 is 1.61 bits per heavy atom. The summed E-state index contributed by atoms with van der Waals surface area (Å²) < 4.78 is 7.28. The zero-order chi connectivity index (χ0) is 13.0. The number of aromatic nitrogens is 3. The topological polar surface area (TPSA) is 59.9 Å². The minimum absolute atomic E-state index is 0.127. The molecule has 0 saturated carbocycles. The molecule has 0 aliphatic carbocycles. The summed E-state index contributed by atoms with van der Waals surface area (Å²) in [4.78, 5) is 11.7. The molecule has 1 aromatic heterocycles. The lowest BCUT2D eigenvalue weighted by Crippen LogP contribution is -2.25. The molecular formula is C12H21N3O2S. The number of hydrogen-bond donors (Lipinski definition) is 1. The molecule has 1 fully saturated rings. The average molecular weight is 271 g/mol. The first-order valence-corrected chi connectivity index (χ1v) is 7.55. The second-order valence-electron chi connectivity index (χ2n) is 5.09. The summed E-state index contributed by atoms with van der Waals surface area (Å²) in [5.41, 5.74) is -0.127. The Hall–Kier alpha value is -0.750. The lowest BCUT2D eigenvalue weighted by Gasteiger charge is -2.11. The van der Waals surface area contributed by atoms with Gasteiger partial charge in [0.2, 0.25) is 0 Å². The molecule has 5 nitrogen and oxygen atoms in total. The monoisotopic (exact) mass is 271 g/mol. The third-order valence-corrected chi connectivity index (χ3v) is 4.07. The van der Waals surface area contributed by atoms with Gasteiger partial charge in [-0.1, -0.05) is 25.6 Å². The largest absolute Gasteiger partial charge is 0.376 e. The maximum Gasteiger partial charge on any atom is 0.344 e. The molecule has 1 saturated heterocycles. The molecule has 2 rings (SSSR count). The van der Waals surface area contributed by atoms with Crippen LogP contribution in [0.15, 0.2) is 9.95 Å². The van der Waals surface area contributed by atoms with Gasteiger partial charge >= 0.3 is 5.69 Å². The van der Waals surface area contributed by atoms with Gasteiger partial charge in [0, 0.05) is 12.4 Å². The molecule has 6 heteroatoms. The maximum absolute atomic E-state index is 11.7. The summed E-state index contributed by atoms with van der Waals surface area (Å²) in [6.45, 7) is 5.83. The van der Waals surface area contributed by atoms with Crippen molar-refractivity contribution in [1.82, 2.24) is 14.8 Å². The van der Waals surface area contributed by atoms with E-state index in [1.54, 1.807) is 16.3 Å². The lowest BCUT2D eigenvalue weighted by atomic mass is 10.2. The van der Waals surface area contributed by atoms with Crippen molar-refractivity contribution in [2.24, 2.45) is 5.92 Å². The molecule has 1 N–H and O–H groups in total. The van der Waals surface area contributed by atoms with Crippen molar-refractivity contribution in [3.63, 3.8) is 0 Å². The molecule has 18 heavy (non-hydrogen) atoms. The predicted molar refractivity (Wildman–Crippen MR) is 72.0 cm³/mol. The zero-order valence-corrected chi connectivity index (χ0v) is 11.8. The van der Waals surface area contributed by atoms with E-state index in [4.69, 9.17) is 4.74 Å². The van der Waals surface area contributed by atoms with E-state index in [0.717, 1.165) is 36.8 Å². The van der Waals surface area contributed by atoms with E-state index in [1.807, 2.05) is 0 Å². The molecule has 0 amide bonds. The van der Waals surface area contributed by atoms with E-state index >= 15 is 0 Å². The van der Waals surface area contributed by atoms with Crippen LogP contribution in [0.4, 0.5) is 0 Å². The minimum Gasteiger partial charge on any atom is -0.376 e. The van der Waals surface area contributed by atoms with E-state index < -0.39 is 0 Å². The van der Waals surface area contributed by atoms with E-state index in [1.165, 1.54) is 0 Å². The van der Waals surface area contributed by atoms with E-state index in [0.29, 0.717) is 12.5 Å². The first kappa shape index (κ1) is 13.7. The first-order valence-electron chi connectivity index (χ1n) is 6.56. The minimum atomic E-state index is -0.127. The lowest BCUT2D eigenvalue weighted by molar-refractivity contribution is 0.0941. The normalized spacial score (nSPS) is 19.8. The smallest absolute Gasteiger partial charge is 0.344 e. The van der Waals surface area contributed by atoms with Gasteiger partial charge in [0.25, 0.3) is 0 Å². The molecule has 1 atom stereocenters. The molecule has 0 aromatic carbocycles. The van der Waals surface area contributed by atoms with E-state index in [9.17, 15) is 4.79 Å². The molecule has 1 aliphatic rings. The predicted octanol–water partition coefficient (Wildman–Crippen LogP) is 1.89. The highest BCUT2D eigenvalue weighted by molar-refractivity contribution is 7.99. The molecular weight excluding hydrogens is 250 g/mol. The standard InChI is InChI=1S/C12H21N3O2S/c1-9(2)5-7-18-12-14-13-11(16)15(12)8-10-4-3-6-17-10/h9-10H,3-8H2,1-2H3,(H,13,16)/t10-/m0/s1. The van der Waals surface area contributed by atoms with Crippen LogP contribution < -0.4 is 5.69 Å². The molecule has 2 heterocycles. The van der Waals surface area contributed by atoms with Crippen LogP contribution in [0.1, 0.15) is 33.1 Å². The fourth-order valence-corrected chi connectivity index (χ4v) is 3.15. The highest BCUT2D eigenvalue weighted by Crippen LogP contribution is 2.19. The SMILES string of the molecule is CC(C)CCSc1n[nH]c(=O)n1C[C@@H]1CCCO1. The van der Waals surface area contributed by atoms with Crippen LogP contribution in [0.5, 0.6) is 0 Å². The summed E-state index contributed by atoms with van der Waals surface area (Å²) >= 11 is 1.64. The molecule has 0 radical (unpaired) electrons. The Morgan fingerprint density at radius 2 is 2.44 bits per heavy atom. The number of nitrogens with one attached hydrogen (secondary N) is 1. The third kappa shape index (κ3) is 3.62. The number of nitrogens with zero attached hydrogens (tertiary/aromatic N) is 2. The Bertz CT molecular complexity index is 421. The fraction of sp³-hybridized carbons (Fsp3) is 0.833. The first-order chi connectivity index (χ1) is 8.66. The van der Waals surface area contributed by atoms with Gasteiger partial charge in [0.05, 0.1) is 12.6 Å². The van der Waals surface area contributed by atoms with Crippen molar-refractivity contribution < 1.29 is 4.74 Å². The van der Waals surface area contributed by atoms with Crippen LogP contribution in [0, 0.1) is 5.92 Å². The molecule has 0 spiro atoms. The number of thioether (sulfide) groups is 1. The van der Waals surface area contributed by atoms with Crippen LogP contribution in [-0.2, 0) is 11.3 Å². The Balaban J connectivity index is 1.95. The van der Waals surface area contributed by atoms with Crippen molar-refractivity contribution in [2.75, 3.05) is 12.4 Å². The van der Waals surface area contributed by atoms with Gasteiger partial charge in [-0.25, -0.2) is 9.89 Å². The average Bonchev–Trinajstić information content (AvgIpc) is 2.93. The van der Waals surface area contributed by atoms with Gasteiger partial charge in [-0.2, -0.15) is 0 Å². The van der Waals surface area contributed by atoms with Crippen LogP contribution in [0.25, 0.3) is 0 Å². The van der Waals surface area contributed by atoms with Gasteiger partial charge in [-0.15, -0.1) is 5.10 Å². The molecule has 0 bridgehead atoms. The van der Waals surface area contributed by atoms with Crippen molar-refractivity contribution >= 4 is 11.8 Å². The van der Waals surface area contributed by atoms with Crippen LogP contribution in [0.3, 0.4) is 0 Å². The highest BCUT2D eigenvalue weighted by Gasteiger charge is 2.19. The number of aromatic amines is 1. The second-order valence-corrected chi connectivity index (χ2v) is 6.15. The Labute approximate surface area is 111 Å². The summed E-state index contributed by atoms with van der Waals surface area (Å²) in [5, 5.41) is 7.41. The summed E-state index contributed by atoms with van der Waals surface area (Å²) in [6.07, 6.45) is 3.43. The van der Waals surface area contributed by atoms with Crippen LogP contribution in [0.2, 0.25) is 0 Å². The van der Waals surface area contributed by atoms with E-state index in [-0.39, 0.29) is 11.8 Å². The molecule has 0 unspecified atom stereocenters. The molecule has 1 aromatic rings. The number of hydrogen-bond acceptors (Lipinski definition) is 4. The summed E-state index contributed by atoms with van der Waals surface area (Å²) in [6, 6.07) is 0. The summed E-state index contributed by atoms with van der Waals surface area (Å²) in [7, 11) is 0. The number of ether oxygens (including phenoxy) is 1. The highest BCUT2D eigenvalue weighted by atomic mass is 32.2. The van der Waals surface area contributed by atoms with Crippen molar-refractivity contribution in [3.8, 4) is 0 Å². The fourth-order valence-electron chi connectivity index (χ4n) is 1.95. The maximum atomic E-state index is 11.7. The van der Waals surface area contributed by atoms with E-state index in [2.05, 4.69) is 24.0 Å². The summed E-state index contributed by atoms with van der Waals surface area (Å²) in [5.74, 6) is 1.67. The van der Waals surface area contributed by atoms with Gasteiger partial charge in [-0.3, -0.25) is 4.57 Å². The number of H-pyrrole nitrogens is 1. The van der Waals surface area contributed by atoms with Gasteiger partial charge in [-0.05, 0) is 25.2 Å². The quantitative estimate of drug-likeness (QED) is 0.803. The van der Waals surface area contributed by atoms with Crippen molar-refractivity contribution in [3.05, 3.63) is 10.5 Å². The van der Waals surface area contributed by atoms with Gasteiger partial charge < -0.3 is 4.74 Å². The number of rotatable bonds is 6. The third-order valence-electron chi connectivity index (χ3n) is 3.06. The van der Waals surface area contributed by atoms with Gasteiger partial charge in [0.15, 0.2) is 5.16 Å². The van der Waals surface area contributed by atoms with Gasteiger partial charge in [0.1, 0.15) is 0 Å². The van der Waals surface area contributed by atoms with Crippen LogP contribution in [-0.4, -0.2) is 33.2 Å². The zero-order valence-electron chi connectivity index (χ0n) is 11.0. The molecule has 1 aliphatic heterocycles. The van der Waals surface area contributed by atoms with Crippen LogP contribution >= 0.6 is 11.8 Å².